The van der Waals surface area contributed by atoms with E-state index in [1.807, 2.05) is 29.8 Å². The van der Waals surface area contributed by atoms with Crippen molar-refractivity contribution in [2.24, 2.45) is 5.92 Å². The minimum Gasteiger partial charge on any atom is -0.399 e. The molecule has 1 heterocycles. The van der Waals surface area contributed by atoms with E-state index < -0.39 is 0 Å². The highest BCUT2D eigenvalue weighted by molar-refractivity contribution is 5.61. The predicted molar refractivity (Wildman–Crippen MR) is 72.0 cm³/mol. The van der Waals surface area contributed by atoms with Crippen LogP contribution >= 0.6 is 0 Å². The summed E-state index contributed by atoms with van der Waals surface area (Å²) in [5.41, 5.74) is 8.66. The number of benzene rings is 1. The Balaban J connectivity index is 2.45. The molecule has 0 bridgehead atoms. The number of nitrogens with zero attached hydrogens (tertiary/aromatic N) is 4. The minimum absolute atomic E-state index is 0.257. The molecular weight excluding hydrogens is 226 g/mol. The molecule has 0 saturated heterocycles. The van der Waals surface area contributed by atoms with Crippen LogP contribution in [0.2, 0.25) is 0 Å². The Morgan fingerprint density at radius 1 is 1.22 bits per heavy atom. The van der Waals surface area contributed by atoms with Crippen LogP contribution in [0.15, 0.2) is 18.2 Å². The van der Waals surface area contributed by atoms with Crippen molar-refractivity contribution in [2.75, 3.05) is 5.73 Å². The van der Waals surface area contributed by atoms with E-state index in [9.17, 15) is 0 Å². The average Bonchev–Trinajstić information content (AvgIpc) is 2.80. The smallest absolute Gasteiger partial charge is 0.182 e. The second-order valence-electron chi connectivity index (χ2n) is 5.00. The highest BCUT2D eigenvalue weighted by Crippen LogP contribution is 2.25. The third-order valence-corrected chi connectivity index (χ3v) is 3.37. The van der Waals surface area contributed by atoms with Crippen molar-refractivity contribution in [1.29, 1.82) is 0 Å². The zero-order valence-corrected chi connectivity index (χ0v) is 11.3. The molecule has 5 heteroatoms. The second kappa shape index (κ2) is 4.76. The van der Waals surface area contributed by atoms with Crippen LogP contribution in [0.25, 0.3) is 11.4 Å². The Morgan fingerprint density at radius 3 is 2.56 bits per heavy atom. The molecule has 5 nitrogen and oxygen atoms in total. The first kappa shape index (κ1) is 12.5. The van der Waals surface area contributed by atoms with Gasteiger partial charge in [-0.3, -0.25) is 0 Å². The van der Waals surface area contributed by atoms with Gasteiger partial charge in [0.15, 0.2) is 5.82 Å². The molecular formula is C13H19N5. The van der Waals surface area contributed by atoms with Gasteiger partial charge in [0.2, 0.25) is 0 Å². The molecule has 1 atom stereocenters. The topological polar surface area (TPSA) is 69.6 Å². The fraction of sp³-hybridized carbons (Fsp3) is 0.462. The van der Waals surface area contributed by atoms with Crippen LogP contribution in [0.5, 0.6) is 0 Å². The number of nitrogen functional groups attached to an aromatic ring is 1. The van der Waals surface area contributed by atoms with E-state index in [4.69, 9.17) is 5.73 Å². The molecule has 0 spiro atoms. The van der Waals surface area contributed by atoms with Gasteiger partial charge in [0.1, 0.15) is 0 Å². The van der Waals surface area contributed by atoms with Gasteiger partial charge in [-0.1, -0.05) is 13.8 Å². The highest BCUT2D eigenvalue weighted by atomic mass is 15.5. The lowest BCUT2D eigenvalue weighted by Gasteiger charge is -2.17. The number of hydrogen-bond donors (Lipinski definition) is 1. The van der Waals surface area contributed by atoms with Crippen molar-refractivity contribution >= 4 is 5.69 Å². The van der Waals surface area contributed by atoms with Gasteiger partial charge in [0.05, 0.1) is 6.04 Å². The molecule has 0 fully saturated rings. The van der Waals surface area contributed by atoms with Gasteiger partial charge in [-0.2, -0.15) is 0 Å². The van der Waals surface area contributed by atoms with Crippen LogP contribution < -0.4 is 5.73 Å². The van der Waals surface area contributed by atoms with Crippen molar-refractivity contribution in [3.05, 3.63) is 23.8 Å². The van der Waals surface area contributed by atoms with Crippen LogP contribution in [-0.4, -0.2) is 20.2 Å². The number of rotatable bonds is 3. The first-order valence-electron chi connectivity index (χ1n) is 6.15. The average molecular weight is 245 g/mol. The third-order valence-electron chi connectivity index (χ3n) is 3.37. The van der Waals surface area contributed by atoms with Gasteiger partial charge in [0, 0.05) is 11.3 Å². The highest BCUT2D eigenvalue weighted by Gasteiger charge is 2.17. The van der Waals surface area contributed by atoms with E-state index in [0.29, 0.717) is 5.92 Å². The molecule has 0 amide bonds. The summed E-state index contributed by atoms with van der Waals surface area (Å²) < 4.78 is 1.87. The van der Waals surface area contributed by atoms with Crippen molar-refractivity contribution in [2.45, 2.75) is 33.7 Å². The third kappa shape index (κ3) is 2.20. The van der Waals surface area contributed by atoms with Crippen LogP contribution in [0, 0.1) is 12.8 Å². The lowest BCUT2D eigenvalue weighted by atomic mass is 10.1. The summed E-state index contributed by atoms with van der Waals surface area (Å²) in [6.45, 7) is 8.42. The maximum atomic E-state index is 5.83. The van der Waals surface area contributed by atoms with Crippen LogP contribution in [0.4, 0.5) is 5.69 Å². The molecule has 0 aliphatic rings. The van der Waals surface area contributed by atoms with Gasteiger partial charge in [0.25, 0.3) is 0 Å². The molecule has 0 aliphatic carbocycles. The Morgan fingerprint density at radius 2 is 1.94 bits per heavy atom. The second-order valence-corrected chi connectivity index (χ2v) is 5.00. The van der Waals surface area contributed by atoms with Gasteiger partial charge in [-0.05, 0) is 54.0 Å². The maximum absolute atomic E-state index is 5.83. The Bertz CT molecular complexity index is 544. The zero-order chi connectivity index (χ0) is 13.3. The first-order chi connectivity index (χ1) is 8.50. The normalized spacial score (nSPS) is 12.9. The standard InChI is InChI=1S/C13H19N5/c1-8(2)10(4)18-13(15-16-17-18)11-5-6-12(14)9(3)7-11/h5-8,10H,14H2,1-4H3. The Kier molecular flexibility index (Phi) is 3.32. The van der Waals surface area contributed by atoms with Crippen LogP contribution in [0.1, 0.15) is 32.4 Å². The van der Waals surface area contributed by atoms with E-state index in [-0.39, 0.29) is 6.04 Å². The Hall–Kier alpha value is -1.91. The van der Waals surface area contributed by atoms with Crippen molar-refractivity contribution in [1.82, 2.24) is 20.2 Å². The van der Waals surface area contributed by atoms with Gasteiger partial charge in [-0.15, -0.1) is 5.10 Å². The fourth-order valence-corrected chi connectivity index (χ4v) is 1.76. The largest absolute Gasteiger partial charge is 0.399 e. The lowest BCUT2D eigenvalue weighted by molar-refractivity contribution is 0.371. The number of hydrogen-bond acceptors (Lipinski definition) is 4. The zero-order valence-electron chi connectivity index (χ0n) is 11.3. The monoisotopic (exact) mass is 245 g/mol. The first-order valence-corrected chi connectivity index (χ1v) is 6.15. The SMILES string of the molecule is Cc1cc(-c2nnnn2C(C)C(C)C)ccc1N. The minimum atomic E-state index is 0.257. The molecule has 96 valence electrons. The summed E-state index contributed by atoms with van der Waals surface area (Å²) in [6.07, 6.45) is 0. The Labute approximate surface area is 107 Å². The molecule has 0 radical (unpaired) electrons. The van der Waals surface area contributed by atoms with Crippen molar-refractivity contribution in [3.63, 3.8) is 0 Å². The maximum Gasteiger partial charge on any atom is 0.182 e. The molecule has 1 aromatic carbocycles. The molecule has 1 unspecified atom stereocenters. The van der Waals surface area contributed by atoms with E-state index >= 15 is 0 Å². The van der Waals surface area contributed by atoms with Crippen LogP contribution in [0.3, 0.4) is 0 Å². The summed E-state index contributed by atoms with van der Waals surface area (Å²) >= 11 is 0. The number of tetrazole rings is 1. The summed E-state index contributed by atoms with van der Waals surface area (Å²) in [5, 5.41) is 12.0. The van der Waals surface area contributed by atoms with Gasteiger partial charge < -0.3 is 5.73 Å². The molecule has 2 rings (SSSR count). The predicted octanol–water partition coefficient (Wildman–Crippen LogP) is 2.45. The molecule has 2 N–H and O–H groups in total. The summed E-state index contributed by atoms with van der Waals surface area (Å²) in [7, 11) is 0. The number of nitrogens with two attached hydrogens (primary N) is 1. The fourth-order valence-electron chi connectivity index (χ4n) is 1.76. The number of anilines is 1. The molecule has 0 saturated carbocycles. The molecule has 1 aromatic heterocycles. The van der Waals surface area contributed by atoms with Gasteiger partial charge in [-0.25, -0.2) is 4.68 Å². The number of aryl methyl sites for hydroxylation is 1. The molecule has 0 aliphatic heterocycles. The lowest BCUT2D eigenvalue weighted by Crippen LogP contribution is -2.14. The van der Waals surface area contributed by atoms with E-state index in [1.165, 1.54) is 0 Å². The summed E-state index contributed by atoms with van der Waals surface area (Å²) in [5.74, 6) is 1.27. The van der Waals surface area contributed by atoms with Gasteiger partial charge >= 0.3 is 0 Å². The van der Waals surface area contributed by atoms with E-state index in [1.54, 1.807) is 0 Å². The molecule has 18 heavy (non-hydrogen) atoms. The van der Waals surface area contributed by atoms with E-state index in [2.05, 4.69) is 36.3 Å². The van der Waals surface area contributed by atoms with Crippen molar-refractivity contribution in [3.8, 4) is 11.4 Å². The molecule has 2 aromatic rings. The van der Waals surface area contributed by atoms with Crippen LogP contribution in [-0.2, 0) is 0 Å². The quantitative estimate of drug-likeness (QED) is 0.843. The summed E-state index contributed by atoms with van der Waals surface area (Å²) in [4.78, 5) is 0. The number of aromatic nitrogens is 4. The summed E-state index contributed by atoms with van der Waals surface area (Å²) in [6, 6.07) is 6.12. The van der Waals surface area contributed by atoms with E-state index in [0.717, 1.165) is 22.6 Å². The van der Waals surface area contributed by atoms with Crippen molar-refractivity contribution < 1.29 is 0 Å².